The van der Waals surface area contributed by atoms with Crippen molar-refractivity contribution in [1.29, 1.82) is 0 Å². The van der Waals surface area contributed by atoms with Gasteiger partial charge in [0.15, 0.2) is 5.75 Å². The first-order valence-electron chi connectivity index (χ1n) is 3.64. The minimum Gasteiger partial charge on any atom is -0.490 e. The van der Waals surface area contributed by atoms with E-state index in [0.717, 1.165) is 6.07 Å². The Morgan fingerprint density at radius 3 is 2.64 bits per heavy atom. The van der Waals surface area contributed by atoms with Gasteiger partial charge in [-0.05, 0) is 6.07 Å². The van der Waals surface area contributed by atoms with Gasteiger partial charge in [0.05, 0.1) is 12.0 Å². The smallest absolute Gasteiger partial charge is 0.310 e. The molecule has 1 rings (SSSR count). The molecule has 6 heteroatoms. The van der Waals surface area contributed by atoms with Crippen molar-refractivity contribution in [1.82, 2.24) is 5.73 Å². The molecule has 73 valence electrons. The SMILES string of the molecule is COc1cc(C([NH])=O)ccc1[N+](=O)[O-]. The Morgan fingerprint density at radius 2 is 2.21 bits per heavy atom. The van der Waals surface area contributed by atoms with Gasteiger partial charge < -0.3 is 4.74 Å². The third-order valence-corrected chi connectivity index (χ3v) is 1.64. The summed E-state index contributed by atoms with van der Waals surface area (Å²) in [5.74, 6) is -0.925. The Kier molecular flexibility index (Phi) is 2.66. The zero-order chi connectivity index (χ0) is 10.7. The van der Waals surface area contributed by atoms with Gasteiger partial charge in [-0.15, -0.1) is 0 Å². The molecule has 0 aliphatic rings. The number of ether oxygens (including phenoxy) is 1. The second kappa shape index (κ2) is 3.73. The lowest BCUT2D eigenvalue weighted by molar-refractivity contribution is -0.385. The van der Waals surface area contributed by atoms with Crippen molar-refractivity contribution in [3.63, 3.8) is 0 Å². The molecule has 0 fully saturated rings. The number of carbonyl (C=O) groups excluding carboxylic acids is 1. The van der Waals surface area contributed by atoms with Crippen molar-refractivity contribution >= 4 is 11.6 Å². The number of amides is 1. The number of nitro groups is 1. The fourth-order valence-electron chi connectivity index (χ4n) is 0.970. The van der Waals surface area contributed by atoms with Crippen LogP contribution in [0.3, 0.4) is 0 Å². The van der Waals surface area contributed by atoms with Crippen LogP contribution in [0, 0.1) is 10.1 Å². The second-order valence-electron chi connectivity index (χ2n) is 2.47. The van der Waals surface area contributed by atoms with Gasteiger partial charge in [-0.25, -0.2) is 0 Å². The van der Waals surface area contributed by atoms with Gasteiger partial charge in [-0.2, -0.15) is 0 Å². The van der Waals surface area contributed by atoms with Crippen LogP contribution in [-0.2, 0) is 0 Å². The van der Waals surface area contributed by atoms with Crippen LogP contribution in [0.2, 0.25) is 0 Å². The van der Waals surface area contributed by atoms with Crippen molar-refractivity contribution in [2.24, 2.45) is 0 Å². The first-order chi connectivity index (χ1) is 6.56. The molecule has 0 spiro atoms. The monoisotopic (exact) mass is 195 g/mol. The van der Waals surface area contributed by atoms with Crippen LogP contribution in [0.25, 0.3) is 0 Å². The van der Waals surface area contributed by atoms with Gasteiger partial charge in [-0.3, -0.25) is 20.6 Å². The van der Waals surface area contributed by atoms with Crippen LogP contribution in [0.5, 0.6) is 5.75 Å². The van der Waals surface area contributed by atoms with Crippen molar-refractivity contribution < 1.29 is 14.5 Å². The van der Waals surface area contributed by atoms with Gasteiger partial charge in [-0.1, -0.05) is 0 Å². The van der Waals surface area contributed by atoms with E-state index >= 15 is 0 Å². The van der Waals surface area contributed by atoms with Crippen LogP contribution < -0.4 is 10.5 Å². The van der Waals surface area contributed by atoms with E-state index in [9.17, 15) is 14.9 Å². The van der Waals surface area contributed by atoms with E-state index in [2.05, 4.69) is 0 Å². The van der Waals surface area contributed by atoms with E-state index in [1.165, 1.54) is 19.2 Å². The maximum Gasteiger partial charge on any atom is 0.310 e. The largest absolute Gasteiger partial charge is 0.490 e. The van der Waals surface area contributed by atoms with Crippen LogP contribution in [0.15, 0.2) is 18.2 Å². The molecule has 1 radical (unpaired) electrons. The lowest BCUT2D eigenvalue weighted by atomic mass is 10.2. The number of nitro benzene ring substituents is 1. The number of hydrogen-bond donors (Lipinski definition) is 0. The molecule has 1 aromatic rings. The molecule has 0 aliphatic carbocycles. The number of hydrogen-bond acceptors (Lipinski definition) is 4. The summed E-state index contributed by atoms with van der Waals surface area (Å²) in [7, 11) is 1.26. The van der Waals surface area contributed by atoms with Crippen LogP contribution >= 0.6 is 0 Å². The van der Waals surface area contributed by atoms with E-state index in [4.69, 9.17) is 10.5 Å². The highest BCUT2D eigenvalue weighted by atomic mass is 16.6. The Labute approximate surface area is 79.4 Å². The number of rotatable bonds is 3. The molecule has 1 amide bonds. The molecule has 0 heterocycles. The molecular formula is C8H7N2O4. The number of benzene rings is 1. The van der Waals surface area contributed by atoms with Crippen molar-refractivity contribution in [2.75, 3.05) is 7.11 Å². The van der Waals surface area contributed by atoms with Crippen molar-refractivity contribution in [3.05, 3.63) is 33.9 Å². The summed E-state index contributed by atoms with van der Waals surface area (Å²) in [6.07, 6.45) is 0. The number of carbonyl (C=O) groups is 1. The standard InChI is InChI=1S/C8H7N2O4/c1-14-7-4-5(8(9)11)2-3-6(7)10(12)13/h2-4,9H,1H3. The average molecular weight is 195 g/mol. The molecule has 0 aliphatic heterocycles. The Hall–Kier alpha value is -2.11. The number of nitrogens with one attached hydrogen (secondary N) is 1. The van der Waals surface area contributed by atoms with Crippen LogP contribution in [0.4, 0.5) is 5.69 Å². The third-order valence-electron chi connectivity index (χ3n) is 1.64. The molecule has 1 aromatic carbocycles. The molecule has 0 saturated heterocycles. The summed E-state index contributed by atoms with van der Waals surface area (Å²) < 4.78 is 4.72. The predicted molar refractivity (Wildman–Crippen MR) is 47.1 cm³/mol. The second-order valence-corrected chi connectivity index (χ2v) is 2.47. The van der Waals surface area contributed by atoms with E-state index in [0.29, 0.717) is 0 Å². The highest BCUT2D eigenvalue weighted by Crippen LogP contribution is 2.27. The van der Waals surface area contributed by atoms with Gasteiger partial charge >= 0.3 is 5.69 Å². The lowest BCUT2D eigenvalue weighted by Gasteiger charge is -2.01. The maximum absolute atomic E-state index is 10.6. The minimum atomic E-state index is -0.904. The fraction of sp³-hybridized carbons (Fsp3) is 0.125. The van der Waals surface area contributed by atoms with Crippen LogP contribution in [-0.4, -0.2) is 17.9 Å². The first kappa shape index (κ1) is 9.97. The summed E-state index contributed by atoms with van der Waals surface area (Å²) in [6.45, 7) is 0. The quantitative estimate of drug-likeness (QED) is 0.531. The van der Waals surface area contributed by atoms with Crippen molar-refractivity contribution in [3.8, 4) is 5.75 Å². The summed E-state index contributed by atoms with van der Waals surface area (Å²) in [5.41, 5.74) is 6.64. The third kappa shape index (κ3) is 1.79. The number of nitrogens with zero attached hydrogens (tertiary/aromatic N) is 1. The molecule has 0 aromatic heterocycles. The van der Waals surface area contributed by atoms with E-state index < -0.39 is 10.8 Å². The Bertz CT molecular complexity index is 389. The van der Waals surface area contributed by atoms with E-state index in [1.807, 2.05) is 0 Å². The molecule has 6 nitrogen and oxygen atoms in total. The minimum absolute atomic E-state index is 0.0203. The van der Waals surface area contributed by atoms with Gasteiger partial charge in [0.2, 0.25) is 0 Å². The molecule has 0 bridgehead atoms. The molecule has 0 unspecified atom stereocenters. The summed E-state index contributed by atoms with van der Waals surface area (Å²) >= 11 is 0. The highest BCUT2D eigenvalue weighted by Gasteiger charge is 2.16. The average Bonchev–Trinajstić information content (AvgIpc) is 2.16. The summed E-state index contributed by atoms with van der Waals surface area (Å²) in [5, 5.41) is 10.5. The Morgan fingerprint density at radius 1 is 1.57 bits per heavy atom. The molecule has 0 saturated carbocycles. The predicted octanol–water partition coefficient (Wildman–Crippen LogP) is 1.03. The Balaban J connectivity index is 3.25. The van der Waals surface area contributed by atoms with Crippen LogP contribution in [0.1, 0.15) is 10.4 Å². The number of methoxy groups -OCH3 is 1. The van der Waals surface area contributed by atoms with Gasteiger partial charge in [0, 0.05) is 17.7 Å². The topological polar surface area (TPSA) is 93.2 Å². The molecule has 14 heavy (non-hydrogen) atoms. The zero-order valence-electron chi connectivity index (χ0n) is 7.31. The highest BCUT2D eigenvalue weighted by molar-refractivity contribution is 5.93. The zero-order valence-corrected chi connectivity index (χ0v) is 7.31. The fourth-order valence-corrected chi connectivity index (χ4v) is 0.970. The van der Waals surface area contributed by atoms with E-state index in [1.54, 1.807) is 0 Å². The van der Waals surface area contributed by atoms with Gasteiger partial charge in [0.1, 0.15) is 0 Å². The normalized spacial score (nSPS) is 9.50. The van der Waals surface area contributed by atoms with E-state index in [-0.39, 0.29) is 17.0 Å². The van der Waals surface area contributed by atoms with Crippen molar-refractivity contribution in [2.45, 2.75) is 0 Å². The maximum atomic E-state index is 10.6. The molecular weight excluding hydrogens is 188 g/mol. The molecule has 0 atom stereocenters. The lowest BCUT2D eigenvalue weighted by Crippen LogP contribution is -2.01. The summed E-state index contributed by atoms with van der Waals surface area (Å²) in [4.78, 5) is 20.5. The molecule has 1 N–H and O–H groups in total. The first-order valence-corrected chi connectivity index (χ1v) is 3.64. The summed E-state index contributed by atoms with van der Waals surface area (Å²) in [6, 6.07) is 3.53. The van der Waals surface area contributed by atoms with Gasteiger partial charge in [0.25, 0.3) is 5.91 Å².